The Morgan fingerprint density at radius 2 is 1.43 bits per heavy atom. The molecule has 0 radical (unpaired) electrons. The lowest BCUT2D eigenvalue weighted by molar-refractivity contribution is 0.319. The molecule has 0 unspecified atom stereocenters. The quantitative estimate of drug-likeness (QED) is 0.221. The Balaban J connectivity index is 1.69. The first kappa shape index (κ1) is 18.0. The molecule has 138 valence electrons. The lowest BCUT2D eigenvalue weighted by atomic mass is 10.1. The molecule has 0 aliphatic heterocycles. The second-order valence-electron chi connectivity index (χ2n) is 6.04. The van der Waals surface area contributed by atoms with Gasteiger partial charge in [-0.15, -0.1) is 10.2 Å². The molecule has 0 bridgehead atoms. The van der Waals surface area contributed by atoms with Crippen molar-refractivity contribution in [3.05, 3.63) is 96.6 Å². The third-order valence-electron chi connectivity index (χ3n) is 4.25. The van der Waals surface area contributed by atoms with Crippen LogP contribution in [0.5, 0.6) is 0 Å². The van der Waals surface area contributed by atoms with Gasteiger partial charge in [0.1, 0.15) is 0 Å². The van der Waals surface area contributed by atoms with E-state index >= 15 is 0 Å². The average molecular weight is 386 g/mol. The van der Waals surface area contributed by atoms with E-state index in [1.165, 1.54) is 11.8 Å². The van der Waals surface area contributed by atoms with Gasteiger partial charge in [0.05, 0.1) is 5.71 Å². The van der Waals surface area contributed by atoms with Crippen molar-refractivity contribution in [2.75, 3.05) is 5.75 Å². The Labute approximate surface area is 167 Å². The van der Waals surface area contributed by atoms with E-state index in [1.54, 1.807) is 0 Å². The number of rotatable bonds is 6. The van der Waals surface area contributed by atoms with Crippen molar-refractivity contribution in [1.82, 2.24) is 14.8 Å². The number of nitrogens with zero attached hydrogens (tertiary/aromatic N) is 4. The SMILES string of the molecule is O/N=C(/CSc1nnc(-c2ccccc2)n1-c1ccccc1)c1ccccc1. The highest BCUT2D eigenvalue weighted by Crippen LogP contribution is 2.28. The highest BCUT2D eigenvalue weighted by Gasteiger charge is 2.17. The number of thioether (sulfide) groups is 1. The van der Waals surface area contributed by atoms with Crippen LogP contribution in [0.4, 0.5) is 0 Å². The van der Waals surface area contributed by atoms with Gasteiger partial charge in [-0.1, -0.05) is 95.8 Å². The number of oxime groups is 1. The first-order chi connectivity index (χ1) is 13.9. The molecule has 0 aliphatic carbocycles. The zero-order valence-corrected chi connectivity index (χ0v) is 15.8. The van der Waals surface area contributed by atoms with Crippen molar-refractivity contribution in [2.45, 2.75) is 5.16 Å². The Hall–Kier alpha value is -3.38. The molecule has 6 heteroatoms. The summed E-state index contributed by atoms with van der Waals surface area (Å²) in [6.07, 6.45) is 0. The molecule has 3 aromatic carbocycles. The van der Waals surface area contributed by atoms with Gasteiger partial charge < -0.3 is 5.21 Å². The van der Waals surface area contributed by atoms with Crippen LogP contribution in [0.3, 0.4) is 0 Å². The van der Waals surface area contributed by atoms with Crippen molar-refractivity contribution >= 4 is 17.5 Å². The van der Waals surface area contributed by atoms with Gasteiger partial charge in [-0.3, -0.25) is 4.57 Å². The Kier molecular flexibility index (Phi) is 5.49. The summed E-state index contributed by atoms with van der Waals surface area (Å²) >= 11 is 1.48. The fourth-order valence-electron chi connectivity index (χ4n) is 2.88. The molecule has 0 atom stereocenters. The number of hydrogen-bond donors (Lipinski definition) is 1. The van der Waals surface area contributed by atoms with Crippen LogP contribution >= 0.6 is 11.8 Å². The summed E-state index contributed by atoms with van der Waals surface area (Å²) in [5.74, 6) is 1.25. The van der Waals surface area contributed by atoms with Crippen molar-refractivity contribution in [3.8, 4) is 17.1 Å². The van der Waals surface area contributed by atoms with Crippen LogP contribution in [-0.2, 0) is 0 Å². The van der Waals surface area contributed by atoms with E-state index in [-0.39, 0.29) is 0 Å². The highest BCUT2D eigenvalue weighted by molar-refractivity contribution is 7.99. The number of benzene rings is 3. The van der Waals surface area contributed by atoms with E-state index in [9.17, 15) is 5.21 Å². The minimum Gasteiger partial charge on any atom is -0.411 e. The predicted molar refractivity (Wildman–Crippen MR) is 112 cm³/mol. The summed E-state index contributed by atoms with van der Waals surface area (Å²) in [4.78, 5) is 0. The van der Waals surface area contributed by atoms with Crippen LogP contribution in [0.2, 0.25) is 0 Å². The maximum atomic E-state index is 9.46. The molecule has 28 heavy (non-hydrogen) atoms. The van der Waals surface area contributed by atoms with Crippen LogP contribution in [0.15, 0.2) is 101 Å². The first-order valence-electron chi connectivity index (χ1n) is 8.82. The van der Waals surface area contributed by atoms with E-state index in [1.807, 2.05) is 95.6 Å². The van der Waals surface area contributed by atoms with Crippen molar-refractivity contribution in [3.63, 3.8) is 0 Å². The van der Waals surface area contributed by atoms with Gasteiger partial charge in [0.15, 0.2) is 11.0 Å². The minimum absolute atomic E-state index is 0.472. The zero-order chi connectivity index (χ0) is 19.2. The van der Waals surface area contributed by atoms with Gasteiger partial charge in [-0.25, -0.2) is 0 Å². The maximum absolute atomic E-state index is 9.46. The number of para-hydroxylation sites is 1. The van der Waals surface area contributed by atoms with Crippen LogP contribution in [0.25, 0.3) is 17.1 Å². The van der Waals surface area contributed by atoms with Crippen LogP contribution in [-0.4, -0.2) is 31.4 Å². The molecule has 0 amide bonds. The molecule has 1 N–H and O–H groups in total. The zero-order valence-electron chi connectivity index (χ0n) is 15.0. The number of aromatic nitrogens is 3. The predicted octanol–water partition coefficient (Wildman–Crippen LogP) is 4.90. The lowest BCUT2D eigenvalue weighted by Crippen LogP contribution is -2.06. The third-order valence-corrected chi connectivity index (χ3v) is 5.19. The summed E-state index contributed by atoms with van der Waals surface area (Å²) in [6, 6.07) is 29.6. The van der Waals surface area contributed by atoms with E-state index in [2.05, 4.69) is 15.4 Å². The molecule has 1 aromatic heterocycles. The van der Waals surface area contributed by atoms with Crippen LogP contribution < -0.4 is 0 Å². The molecule has 0 aliphatic rings. The third kappa shape index (κ3) is 3.82. The van der Waals surface area contributed by atoms with Gasteiger partial charge in [0.25, 0.3) is 0 Å². The van der Waals surface area contributed by atoms with E-state index in [4.69, 9.17) is 0 Å². The largest absolute Gasteiger partial charge is 0.411 e. The summed E-state index contributed by atoms with van der Waals surface area (Å²) in [6.45, 7) is 0. The van der Waals surface area contributed by atoms with E-state index < -0.39 is 0 Å². The maximum Gasteiger partial charge on any atom is 0.196 e. The topological polar surface area (TPSA) is 63.3 Å². The van der Waals surface area contributed by atoms with E-state index in [0.717, 1.165) is 27.8 Å². The molecule has 4 rings (SSSR count). The standard InChI is InChI=1S/C22H18N4OS/c27-25-20(17-10-4-1-5-11-17)16-28-22-24-23-21(18-12-6-2-7-13-18)26(22)19-14-8-3-9-15-19/h1-15,27H,16H2/b25-20-. The molecular weight excluding hydrogens is 368 g/mol. The number of hydrogen-bond acceptors (Lipinski definition) is 5. The second-order valence-corrected chi connectivity index (χ2v) is 6.99. The molecule has 0 saturated carbocycles. The Morgan fingerprint density at radius 1 is 0.821 bits per heavy atom. The van der Waals surface area contributed by atoms with Gasteiger partial charge in [0, 0.05) is 22.6 Å². The summed E-state index contributed by atoms with van der Waals surface area (Å²) < 4.78 is 2.03. The second kappa shape index (κ2) is 8.54. The smallest absolute Gasteiger partial charge is 0.196 e. The Morgan fingerprint density at radius 3 is 2.07 bits per heavy atom. The van der Waals surface area contributed by atoms with Gasteiger partial charge in [-0.2, -0.15) is 0 Å². The Bertz CT molecular complexity index is 1060. The molecule has 1 heterocycles. The van der Waals surface area contributed by atoms with Crippen molar-refractivity contribution in [2.24, 2.45) is 5.16 Å². The van der Waals surface area contributed by atoms with Crippen LogP contribution in [0, 0.1) is 0 Å². The first-order valence-corrected chi connectivity index (χ1v) is 9.81. The van der Waals surface area contributed by atoms with E-state index in [0.29, 0.717) is 11.5 Å². The summed E-state index contributed by atoms with van der Waals surface area (Å²) in [5, 5.41) is 22.5. The fraction of sp³-hybridized carbons (Fsp3) is 0.0455. The van der Waals surface area contributed by atoms with Crippen molar-refractivity contribution in [1.29, 1.82) is 0 Å². The van der Waals surface area contributed by atoms with Crippen LogP contribution in [0.1, 0.15) is 5.56 Å². The molecule has 0 saturated heterocycles. The molecule has 0 fully saturated rings. The van der Waals surface area contributed by atoms with Gasteiger partial charge in [0.2, 0.25) is 0 Å². The van der Waals surface area contributed by atoms with Gasteiger partial charge >= 0.3 is 0 Å². The lowest BCUT2D eigenvalue weighted by Gasteiger charge is -2.10. The fourth-order valence-corrected chi connectivity index (χ4v) is 3.79. The molecular formula is C22H18N4OS. The summed E-state index contributed by atoms with van der Waals surface area (Å²) in [7, 11) is 0. The minimum atomic E-state index is 0.472. The molecule has 0 spiro atoms. The molecule has 5 nitrogen and oxygen atoms in total. The van der Waals surface area contributed by atoms with Gasteiger partial charge in [-0.05, 0) is 12.1 Å². The van der Waals surface area contributed by atoms with Crippen molar-refractivity contribution < 1.29 is 5.21 Å². The molecule has 4 aromatic rings. The monoisotopic (exact) mass is 386 g/mol. The normalized spacial score (nSPS) is 11.5. The average Bonchev–Trinajstić information content (AvgIpc) is 3.20. The summed E-state index contributed by atoms with van der Waals surface area (Å²) in [5.41, 5.74) is 3.45. The highest BCUT2D eigenvalue weighted by atomic mass is 32.2.